The third-order valence-electron chi connectivity index (χ3n) is 4.53. The number of hydrogen-bond donors (Lipinski definition) is 3. The number of nitrogens with one attached hydrogen (secondary N) is 3. The number of ether oxygens (including phenoxy) is 1. The van der Waals surface area contributed by atoms with Crippen LogP contribution in [-0.2, 0) is 19.9 Å². The molecule has 1 fully saturated rings. The van der Waals surface area contributed by atoms with Crippen LogP contribution in [0, 0.1) is 6.92 Å². The number of benzene rings is 2. The van der Waals surface area contributed by atoms with Crippen LogP contribution in [0.15, 0.2) is 42.5 Å². The minimum absolute atomic E-state index is 0.202. The van der Waals surface area contributed by atoms with Crippen molar-refractivity contribution in [1.29, 1.82) is 0 Å². The molecule has 0 radical (unpaired) electrons. The lowest BCUT2D eigenvalue weighted by atomic mass is 9.91. The predicted molar refractivity (Wildman–Crippen MR) is 106 cm³/mol. The molecule has 3 rings (SSSR count). The summed E-state index contributed by atoms with van der Waals surface area (Å²) in [6.45, 7) is 2.93. The fourth-order valence-corrected chi connectivity index (χ4v) is 2.95. The van der Waals surface area contributed by atoms with Gasteiger partial charge in [-0.2, -0.15) is 0 Å². The number of carbonyl (C=O) groups excluding carboxylic acids is 4. The van der Waals surface area contributed by atoms with E-state index in [9.17, 15) is 19.2 Å². The molecule has 150 valence electrons. The van der Waals surface area contributed by atoms with Crippen molar-refractivity contribution < 1.29 is 23.9 Å². The third-order valence-corrected chi connectivity index (χ3v) is 4.94. The quantitative estimate of drug-likeness (QED) is 0.513. The van der Waals surface area contributed by atoms with E-state index in [0.29, 0.717) is 16.3 Å². The van der Waals surface area contributed by atoms with Gasteiger partial charge in [-0.05, 0) is 49.2 Å². The average Bonchev–Trinajstić information content (AvgIpc) is 2.95. The van der Waals surface area contributed by atoms with Gasteiger partial charge in [0, 0.05) is 10.7 Å². The molecule has 1 saturated heterocycles. The molecular formula is C20H18ClN3O5. The summed E-state index contributed by atoms with van der Waals surface area (Å²) in [5.74, 6) is -1.68. The molecule has 1 atom stereocenters. The number of halogens is 1. The minimum Gasteiger partial charge on any atom is -0.452 e. The predicted octanol–water partition coefficient (Wildman–Crippen LogP) is 2.50. The lowest BCUT2D eigenvalue weighted by molar-refractivity contribution is -0.123. The van der Waals surface area contributed by atoms with Crippen LogP contribution in [0.4, 0.5) is 10.5 Å². The van der Waals surface area contributed by atoms with Gasteiger partial charge in [-0.3, -0.25) is 14.9 Å². The van der Waals surface area contributed by atoms with E-state index in [2.05, 4.69) is 16.0 Å². The van der Waals surface area contributed by atoms with Crippen molar-refractivity contribution in [3.8, 4) is 0 Å². The molecule has 0 bridgehead atoms. The Bertz CT molecular complexity index is 1010. The van der Waals surface area contributed by atoms with E-state index in [1.165, 1.54) is 24.3 Å². The normalized spacial score (nSPS) is 18.0. The number of esters is 1. The van der Waals surface area contributed by atoms with Gasteiger partial charge >= 0.3 is 12.0 Å². The maximum atomic E-state index is 12.2. The lowest BCUT2D eigenvalue weighted by Gasteiger charge is -2.21. The summed E-state index contributed by atoms with van der Waals surface area (Å²) >= 11 is 6.01. The summed E-state index contributed by atoms with van der Waals surface area (Å²) in [6, 6.07) is 10.5. The van der Waals surface area contributed by atoms with Crippen LogP contribution in [0.25, 0.3) is 0 Å². The van der Waals surface area contributed by atoms with E-state index < -0.39 is 36.0 Å². The number of rotatable bonds is 5. The number of imide groups is 1. The van der Waals surface area contributed by atoms with Crippen molar-refractivity contribution in [3.63, 3.8) is 0 Å². The van der Waals surface area contributed by atoms with Crippen LogP contribution in [-0.4, -0.2) is 30.4 Å². The van der Waals surface area contributed by atoms with Gasteiger partial charge in [-0.15, -0.1) is 0 Å². The van der Waals surface area contributed by atoms with Gasteiger partial charge in [0.1, 0.15) is 5.54 Å². The van der Waals surface area contributed by atoms with Gasteiger partial charge in [-0.25, -0.2) is 9.59 Å². The van der Waals surface area contributed by atoms with Crippen molar-refractivity contribution in [2.24, 2.45) is 0 Å². The van der Waals surface area contributed by atoms with E-state index in [1.54, 1.807) is 25.1 Å². The zero-order valence-corrected chi connectivity index (χ0v) is 16.4. The van der Waals surface area contributed by atoms with Crippen LogP contribution in [0.3, 0.4) is 0 Å². The maximum absolute atomic E-state index is 12.2. The summed E-state index contributed by atoms with van der Waals surface area (Å²) in [4.78, 5) is 47.4. The second kappa shape index (κ2) is 7.92. The zero-order chi connectivity index (χ0) is 21.2. The first-order valence-corrected chi connectivity index (χ1v) is 9.04. The molecule has 1 unspecified atom stereocenters. The Morgan fingerprint density at radius 1 is 1.14 bits per heavy atom. The molecule has 0 spiro atoms. The molecule has 2 aromatic carbocycles. The Hall–Kier alpha value is -3.39. The van der Waals surface area contributed by atoms with E-state index in [-0.39, 0.29) is 5.56 Å². The van der Waals surface area contributed by atoms with Gasteiger partial charge in [0.25, 0.3) is 11.8 Å². The van der Waals surface area contributed by atoms with E-state index in [1.807, 2.05) is 6.92 Å². The Balaban J connectivity index is 1.58. The van der Waals surface area contributed by atoms with E-state index >= 15 is 0 Å². The van der Waals surface area contributed by atoms with E-state index in [4.69, 9.17) is 16.3 Å². The van der Waals surface area contributed by atoms with Crippen LogP contribution in [0.2, 0.25) is 5.02 Å². The first-order chi connectivity index (χ1) is 13.7. The van der Waals surface area contributed by atoms with Crippen LogP contribution < -0.4 is 16.0 Å². The second-order valence-corrected chi connectivity index (χ2v) is 7.11. The number of aryl methyl sites for hydroxylation is 1. The van der Waals surface area contributed by atoms with Crippen molar-refractivity contribution >= 4 is 41.1 Å². The zero-order valence-electron chi connectivity index (χ0n) is 15.7. The fraction of sp³-hybridized carbons (Fsp3) is 0.200. The molecule has 2 aromatic rings. The number of amides is 4. The molecule has 0 aromatic heterocycles. The third kappa shape index (κ3) is 4.38. The topological polar surface area (TPSA) is 114 Å². The molecule has 9 heteroatoms. The molecule has 29 heavy (non-hydrogen) atoms. The van der Waals surface area contributed by atoms with Crippen molar-refractivity contribution in [3.05, 3.63) is 64.2 Å². The minimum atomic E-state index is -1.21. The Kier molecular flexibility index (Phi) is 5.56. The highest BCUT2D eigenvalue weighted by atomic mass is 35.5. The standard InChI is InChI=1S/C20H18ClN3O5/c1-11-3-8-14(9-15(11)21)22-16(25)10-29-17(26)12-4-6-13(7-5-12)20(2)18(27)23-19(28)24-20/h3-9H,10H2,1-2H3,(H,22,25)(H2,23,24,27,28). The SMILES string of the molecule is Cc1ccc(NC(=O)COC(=O)c2ccc(C3(C)NC(=O)NC3=O)cc2)cc1Cl. The smallest absolute Gasteiger partial charge is 0.338 e. The highest BCUT2D eigenvalue weighted by Gasteiger charge is 2.43. The summed E-state index contributed by atoms with van der Waals surface area (Å²) in [5.41, 5.74) is 0.869. The molecular weight excluding hydrogens is 398 g/mol. The summed E-state index contributed by atoms with van der Waals surface area (Å²) < 4.78 is 5.01. The number of urea groups is 1. The van der Waals surface area contributed by atoms with Crippen LogP contribution >= 0.6 is 11.6 Å². The highest BCUT2D eigenvalue weighted by molar-refractivity contribution is 6.31. The largest absolute Gasteiger partial charge is 0.452 e. The Morgan fingerprint density at radius 2 is 1.83 bits per heavy atom. The molecule has 1 aliphatic rings. The van der Waals surface area contributed by atoms with Gasteiger partial charge in [0.05, 0.1) is 5.56 Å². The van der Waals surface area contributed by atoms with Gasteiger partial charge in [0.2, 0.25) is 0 Å². The Labute approximate surface area is 171 Å². The number of carbonyl (C=O) groups is 4. The number of anilines is 1. The Morgan fingerprint density at radius 3 is 2.41 bits per heavy atom. The van der Waals surface area contributed by atoms with Crippen molar-refractivity contribution in [2.75, 3.05) is 11.9 Å². The fourth-order valence-electron chi connectivity index (χ4n) is 2.77. The molecule has 1 heterocycles. The molecule has 4 amide bonds. The van der Waals surface area contributed by atoms with Gasteiger partial charge < -0.3 is 15.4 Å². The first kappa shape index (κ1) is 20.3. The van der Waals surface area contributed by atoms with Crippen LogP contribution in [0.5, 0.6) is 0 Å². The maximum Gasteiger partial charge on any atom is 0.338 e. The monoisotopic (exact) mass is 415 g/mol. The second-order valence-electron chi connectivity index (χ2n) is 6.70. The lowest BCUT2D eigenvalue weighted by Crippen LogP contribution is -2.40. The summed E-state index contributed by atoms with van der Waals surface area (Å²) in [7, 11) is 0. The van der Waals surface area contributed by atoms with Crippen molar-refractivity contribution in [1.82, 2.24) is 10.6 Å². The van der Waals surface area contributed by atoms with Gasteiger partial charge in [-0.1, -0.05) is 29.8 Å². The average molecular weight is 416 g/mol. The summed E-state index contributed by atoms with van der Waals surface area (Å²) in [5, 5.41) is 7.81. The molecule has 8 nitrogen and oxygen atoms in total. The van der Waals surface area contributed by atoms with Gasteiger partial charge in [0.15, 0.2) is 6.61 Å². The van der Waals surface area contributed by atoms with E-state index in [0.717, 1.165) is 5.56 Å². The molecule has 0 aliphatic carbocycles. The molecule has 3 N–H and O–H groups in total. The van der Waals surface area contributed by atoms with Crippen molar-refractivity contribution in [2.45, 2.75) is 19.4 Å². The molecule has 0 saturated carbocycles. The number of hydrogen-bond acceptors (Lipinski definition) is 5. The summed E-state index contributed by atoms with van der Waals surface area (Å²) in [6.07, 6.45) is 0. The first-order valence-electron chi connectivity index (χ1n) is 8.66. The highest BCUT2D eigenvalue weighted by Crippen LogP contribution is 2.24. The van der Waals surface area contributed by atoms with Crippen LogP contribution in [0.1, 0.15) is 28.4 Å². The molecule has 1 aliphatic heterocycles.